The van der Waals surface area contributed by atoms with Crippen LogP contribution in [0.2, 0.25) is 0 Å². The van der Waals surface area contributed by atoms with Crippen LogP contribution < -0.4 is 11.1 Å². The summed E-state index contributed by atoms with van der Waals surface area (Å²) in [6, 6.07) is 0.560. The van der Waals surface area contributed by atoms with Gasteiger partial charge < -0.3 is 16.0 Å². The van der Waals surface area contributed by atoms with Crippen LogP contribution in [0.5, 0.6) is 0 Å². The molecule has 0 radical (unpaired) electrons. The first-order valence-corrected chi connectivity index (χ1v) is 8.53. The highest BCUT2D eigenvalue weighted by Gasteiger charge is 2.15. The molecule has 124 valence electrons. The van der Waals surface area contributed by atoms with E-state index in [1.165, 1.54) is 71.0 Å². The van der Waals surface area contributed by atoms with E-state index < -0.39 is 0 Å². The molecule has 0 aromatic heterocycles. The van der Waals surface area contributed by atoms with Crippen molar-refractivity contribution < 1.29 is 0 Å². The summed E-state index contributed by atoms with van der Waals surface area (Å²) in [5.74, 6) is 1.25. The summed E-state index contributed by atoms with van der Waals surface area (Å²) < 4.78 is 0. The molecule has 0 aromatic carbocycles. The Morgan fingerprint density at radius 2 is 1.76 bits per heavy atom. The number of likely N-dealkylation sites (tertiary alicyclic amines) is 1. The molecule has 2 fully saturated rings. The van der Waals surface area contributed by atoms with Crippen LogP contribution in [0.4, 0.5) is 0 Å². The molecular formula is C16H33IN4. The highest BCUT2D eigenvalue weighted by atomic mass is 127. The van der Waals surface area contributed by atoms with Crippen molar-refractivity contribution >= 4 is 29.9 Å². The molecule has 1 heterocycles. The van der Waals surface area contributed by atoms with Crippen molar-refractivity contribution in [2.24, 2.45) is 16.6 Å². The van der Waals surface area contributed by atoms with Gasteiger partial charge in [-0.2, -0.15) is 0 Å². The molecule has 0 spiro atoms. The van der Waals surface area contributed by atoms with Crippen LogP contribution in [0.25, 0.3) is 0 Å². The van der Waals surface area contributed by atoms with Gasteiger partial charge in [-0.15, -0.1) is 24.0 Å². The van der Waals surface area contributed by atoms with E-state index in [0.717, 1.165) is 6.54 Å². The van der Waals surface area contributed by atoms with Crippen LogP contribution in [0.3, 0.4) is 0 Å². The van der Waals surface area contributed by atoms with Crippen molar-refractivity contribution in [3.8, 4) is 0 Å². The van der Waals surface area contributed by atoms with Gasteiger partial charge in [0, 0.05) is 19.1 Å². The van der Waals surface area contributed by atoms with Gasteiger partial charge in [-0.05, 0) is 44.7 Å². The van der Waals surface area contributed by atoms with Gasteiger partial charge in [0.2, 0.25) is 0 Å². The maximum atomic E-state index is 6.01. The number of nitrogens with zero attached hydrogens (tertiary/aromatic N) is 2. The molecule has 0 amide bonds. The number of piperidine rings is 1. The number of rotatable bonds is 5. The second-order valence-corrected chi connectivity index (χ2v) is 6.67. The smallest absolute Gasteiger partial charge is 0.188 e. The van der Waals surface area contributed by atoms with Gasteiger partial charge in [0.1, 0.15) is 0 Å². The third-order valence-corrected chi connectivity index (χ3v) is 4.55. The summed E-state index contributed by atoms with van der Waals surface area (Å²) >= 11 is 0. The number of hydrogen-bond acceptors (Lipinski definition) is 2. The van der Waals surface area contributed by atoms with Crippen molar-refractivity contribution in [2.75, 3.05) is 26.2 Å². The summed E-state index contributed by atoms with van der Waals surface area (Å²) in [5.41, 5.74) is 6.01. The predicted molar refractivity (Wildman–Crippen MR) is 101 cm³/mol. The lowest BCUT2D eigenvalue weighted by atomic mass is 9.96. The average molecular weight is 408 g/mol. The molecule has 1 unspecified atom stereocenters. The van der Waals surface area contributed by atoms with E-state index in [4.69, 9.17) is 5.73 Å². The Hall–Kier alpha value is -0.0400. The third-order valence-electron chi connectivity index (χ3n) is 4.55. The Balaban J connectivity index is 0.00000220. The summed E-state index contributed by atoms with van der Waals surface area (Å²) in [6.45, 7) is 6.84. The number of nitrogens with two attached hydrogens (primary N) is 1. The van der Waals surface area contributed by atoms with E-state index in [-0.39, 0.29) is 24.0 Å². The molecule has 0 bridgehead atoms. The van der Waals surface area contributed by atoms with Gasteiger partial charge in [0.05, 0.1) is 0 Å². The Morgan fingerprint density at radius 1 is 1.14 bits per heavy atom. The van der Waals surface area contributed by atoms with Crippen LogP contribution in [-0.2, 0) is 0 Å². The monoisotopic (exact) mass is 408 g/mol. The van der Waals surface area contributed by atoms with Crippen LogP contribution in [0.15, 0.2) is 4.99 Å². The van der Waals surface area contributed by atoms with Gasteiger partial charge in [-0.25, -0.2) is 0 Å². The molecule has 4 nitrogen and oxygen atoms in total. The molecule has 2 aliphatic rings. The lowest BCUT2D eigenvalue weighted by molar-refractivity contribution is 0.203. The summed E-state index contributed by atoms with van der Waals surface area (Å²) in [6.07, 6.45) is 10.7. The van der Waals surface area contributed by atoms with E-state index in [0.29, 0.717) is 17.9 Å². The fourth-order valence-electron chi connectivity index (χ4n) is 3.40. The number of halogens is 1. The third kappa shape index (κ3) is 7.68. The number of hydrogen-bond donors (Lipinski definition) is 2. The molecule has 1 aliphatic carbocycles. The first kappa shape index (κ1) is 19.0. The zero-order valence-corrected chi connectivity index (χ0v) is 15.9. The largest absolute Gasteiger partial charge is 0.370 e. The van der Waals surface area contributed by atoms with Crippen molar-refractivity contribution in [3.63, 3.8) is 0 Å². The van der Waals surface area contributed by atoms with Crippen molar-refractivity contribution in [2.45, 2.75) is 64.3 Å². The quantitative estimate of drug-likeness (QED) is 0.418. The summed E-state index contributed by atoms with van der Waals surface area (Å²) in [4.78, 5) is 7.12. The van der Waals surface area contributed by atoms with E-state index in [1.807, 2.05) is 0 Å². The second kappa shape index (κ2) is 10.6. The molecule has 5 heteroatoms. The molecule has 3 N–H and O–H groups in total. The topological polar surface area (TPSA) is 53.6 Å². The van der Waals surface area contributed by atoms with E-state index in [1.54, 1.807) is 0 Å². The van der Waals surface area contributed by atoms with Gasteiger partial charge in [-0.3, -0.25) is 4.99 Å². The van der Waals surface area contributed by atoms with E-state index in [9.17, 15) is 0 Å². The lowest BCUT2D eigenvalue weighted by Crippen LogP contribution is -2.41. The van der Waals surface area contributed by atoms with E-state index in [2.05, 4.69) is 22.1 Å². The minimum absolute atomic E-state index is 0. The van der Waals surface area contributed by atoms with Crippen LogP contribution in [0, 0.1) is 5.92 Å². The standard InChI is InChI=1S/C16H32N4.HI/c1-14(13-20-10-6-3-7-11-20)12-18-16(17)19-15-8-4-2-5-9-15;/h14-15H,2-13H2,1H3,(H3,17,18,19);1H. The van der Waals surface area contributed by atoms with Gasteiger partial charge >= 0.3 is 0 Å². The molecular weight excluding hydrogens is 375 g/mol. The number of nitrogens with one attached hydrogen (secondary N) is 1. The highest BCUT2D eigenvalue weighted by molar-refractivity contribution is 14.0. The van der Waals surface area contributed by atoms with Crippen molar-refractivity contribution in [3.05, 3.63) is 0 Å². The molecule has 1 saturated heterocycles. The zero-order valence-electron chi connectivity index (χ0n) is 13.5. The molecule has 1 aliphatic heterocycles. The molecule has 0 aromatic rings. The maximum Gasteiger partial charge on any atom is 0.188 e. The fraction of sp³-hybridized carbons (Fsp3) is 0.938. The Kier molecular flexibility index (Phi) is 9.64. The predicted octanol–water partition coefficient (Wildman–Crippen LogP) is 2.96. The number of guanidine groups is 1. The van der Waals surface area contributed by atoms with E-state index >= 15 is 0 Å². The molecule has 1 saturated carbocycles. The van der Waals surface area contributed by atoms with Crippen LogP contribution in [0.1, 0.15) is 58.3 Å². The summed E-state index contributed by atoms with van der Waals surface area (Å²) in [7, 11) is 0. The highest BCUT2D eigenvalue weighted by Crippen LogP contribution is 2.17. The Bertz CT molecular complexity index is 297. The minimum atomic E-state index is 0. The van der Waals surface area contributed by atoms with Crippen LogP contribution in [-0.4, -0.2) is 43.1 Å². The lowest BCUT2D eigenvalue weighted by Gasteiger charge is -2.28. The van der Waals surface area contributed by atoms with Crippen molar-refractivity contribution in [1.82, 2.24) is 10.2 Å². The minimum Gasteiger partial charge on any atom is -0.370 e. The van der Waals surface area contributed by atoms with Gasteiger partial charge in [0.25, 0.3) is 0 Å². The van der Waals surface area contributed by atoms with Crippen molar-refractivity contribution in [1.29, 1.82) is 0 Å². The first-order valence-electron chi connectivity index (χ1n) is 8.53. The summed E-state index contributed by atoms with van der Waals surface area (Å²) in [5, 5.41) is 3.39. The average Bonchev–Trinajstić information content (AvgIpc) is 2.47. The SMILES string of the molecule is CC(CN=C(N)NC1CCCCC1)CN1CCCCC1.I. The Labute approximate surface area is 147 Å². The molecule has 1 atom stereocenters. The van der Waals surface area contributed by atoms with Crippen LogP contribution >= 0.6 is 24.0 Å². The molecule has 21 heavy (non-hydrogen) atoms. The maximum absolute atomic E-state index is 6.01. The van der Waals surface area contributed by atoms with Gasteiger partial charge in [-0.1, -0.05) is 32.6 Å². The zero-order chi connectivity index (χ0) is 14.2. The fourth-order valence-corrected chi connectivity index (χ4v) is 3.40. The molecule has 2 rings (SSSR count). The van der Waals surface area contributed by atoms with Gasteiger partial charge in [0.15, 0.2) is 5.96 Å². The first-order chi connectivity index (χ1) is 9.74. The second-order valence-electron chi connectivity index (χ2n) is 6.67. The normalized spacial score (nSPS) is 23.4. The Morgan fingerprint density at radius 3 is 2.43 bits per heavy atom. The number of aliphatic imine (C=N–C) groups is 1.